The molecule has 8 heteroatoms. The number of carbonyl (C=O) groups excluding carboxylic acids is 1. The fourth-order valence-electron chi connectivity index (χ4n) is 4.42. The van der Waals surface area contributed by atoms with Crippen LogP contribution in [0, 0.1) is 12.8 Å². The van der Waals surface area contributed by atoms with Gasteiger partial charge in [0.25, 0.3) is 0 Å². The molecule has 34 heavy (non-hydrogen) atoms. The summed E-state index contributed by atoms with van der Waals surface area (Å²) in [5.74, 6) is 0.0858. The highest BCUT2D eigenvalue weighted by molar-refractivity contribution is 7.22. The minimum absolute atomic E-state index is 0.0338. The van der Waals surface area contributed by atoms with Crippen LogP contribution in [-0.4, -0.2) is 47.9 Å². The molecular formula is C26H30N6OS. The summed E-state index contributed by atoms with van der Waals surface area (Å²) in [5.41, 5.74) is 5.13. The largest absolute Gasteiger partial charge is 0.378 e. The van der Waals surface area contributed by atoms with Gasteiger partial charge in [-0.15, -0.1) is 0 Å². The lowest BCUT2D eigenvalue weighted by atomic mass is 9.97. The zero-order valence-corrected chi connectivity index (χ0v) is 20.7. The number of nitrogens with zero attached hydrogens (tertiary/aromatic N) is 5. The number of aryl methyl sites for hydroxylation is 1. The Labute approximate surface area is 204 Å². The van der Waals surface area contributed by atoms with Crippen molar-refractivity contribution in [2.24, 2.45) is 5.92 Å². The number of rotatable bonds is 6. The van der Waals surface area contributed by atoms with Crippen LogP contribution in [0.15, 0.2) is 54.6 Å². The van der Waals surface area contributed by atoms with Gasteiger partial charge in [-0.1, -0.05) is 41.7 Å². The Hall–Kier alpha value is -3.39. The molecule has 1 saturated heterocycles. The van der Waals surface area contributed by atoms with Gasteiger partial charge in [0, 0.05) is 39.4 Å². The number of piperidine rings is 1. The second-order valence-electron chi connectivity index (χ2n) is 9.05. The number of aromatic nitrogens is 3. The van der Waals surface area contributed by atoms with Crippen molar-refractivity contribution >= 4 is 38.4 Å². The van der Waals surface area contributed by atoms with E-state index in [0.29, 0.717) is 13.1 Å². The zero-order valence-electron chi connectivity index (χ0n) is 19.9. The van der Waals surface area contributed by atoms with Crippen molar-refractivity contribution in [2.75, 3.05) is 37.0 Å². The molecule has 0 bridgehead atoms. The summed E-state index contributed by atoms with van der Waals surface area (Å²) >= 11 is 1.67. The average molecular weight is 475 g/mol. The van der Waals surface area contributed by atoms with E-state index in [9.17, 15) is 4.79 Å². The molecule has 0 unspecified atom stereocenters. The first-order valence-corrected chi connectivity index (χ1v) is 12.5. The Balaban J connectivity index is 1.27. The van der Waals surface area contributed by atoms with Gasteiger partial charge in [0.2, 0.25) is 5.91 Å². The number of para-hydroxylation sites is 1. The fourth-order valence-corrected chi connectivity index (χ4v) is 5.44. The first-order chi connectivity index (χ1) is 16.5. The number of hydrogen-bond donors (Lipinski definition) is 1. The first kappa shape index (κ1) is 22.4. The van der Waals surface area contributed by atoms with Crippen LogP contribution in [0.25, 0.3) is 16.0 Å². The Morgan fingerprint density at radius 3 is 2.65 bits per heavy atom. The maximum atomic E-state index is 13.0. The highest BCUT2D eigenvalue weighted by Gasteiger charge is 2.28. The van der Waals surface area contributed by atoms with Crippen molar-refractivity contribution < 1.29 is 4.79 Å². The third kappa shape index (κ3) is 4.50. The van der Waals surface area contributed by atoms with E-state index in [4.69, 9.17) is 10.1 Å². The van der Waals surface area contributed by atoms with E-state index in [1.165, 1.54) is 0 Å². The van der Waals surface area contributed by atoms with Crippen molar-refractivity contribution in [1.29, 1.82) is 0 Å². The molecule has 1 N–H and O–H groups in total. The predicted octanol–water partition coefficient (Wildman–Crippen LogP) is 4.39. The molecule has 0 saturated carbocycles. The van der Waals surface area contributed by atoms with Gasteiger partial charge in [0.1, 0.15) is 0 Å². The second-order valence-corrected chi connectivity index (χ2v) is 10.0. The van der Waals surface area contributed by atoms with Crippen LogP contribution in [0.3, 0.4) is 0 Å². The van der Waals surface area contributed by atoms with E-state index in [0.717, 1.165) is 57.5 Å². The molecule has 2 aromatic carbocycles. The molecule has 1 amide bonds. The molecule has 2 aromatic heterocycles. The smallest absolute Gasteiger partial charge is 0.225 e. The Morgan fingerprint density at radius 1 is 1.15 bits per heavy atom. The van der Waals surface area contributed by atoms with Crippen LogP contribution in [0.4, 0.5) is 10.8 Å². The molecule has 0 spiro atoms. The predicted molar refractivity (Wildman–Crippen MR) is 139 cm³/mol. The monoisotopic (exact) mass is 474 g/mol. The number of hydrogen-bond acceptors (Lipinski definition) is 6. The number of fused-ring (bicyclic) bond motifs is 1. The summed E-state index contributed by atoms with van der Waals surface area (Å²) in [6, 6.07) is 18.4. The molecule has 5 rings (SSSR count). The molecule has 7 nitrogen and oxygen atoms in total. The summed E-state index contributed by atoms with van der Waals surface area (Å²) in [5, 5.41) is 8.81. The van der Waals surface area contributed by atoms with Gasteiger partial charge >= 0.3 is 0 Å². The van der Waals surface area contributed by atoms with E-state index < -0.39 is 0 Å². The normalized spacial score (nSPS) is 16.1. The lowest BCUT2D eigenvalue weighted by molar-refractivity contribution is -0.125. The van der Waals surface area contributed by atoms with Crippen molar-refractivity contribution in [3.05, 3.63) is 65.9 Å². The molecule has 0 radical (unpaired) electrons. The maximum Gasteiger partial charge on any atom is 0.225 e. The van der Waals surface area contributed by atoms with Gasteiger partial charge < -0.3 is 15.1 Å². The number of amides is 1. The van der Waals surface area contributed by atoms with E-state index in [2.05, 4.69) is 39.4 Å². The van der Waals surface area contributed by atoms with Gasteiger partial charge in [-0.3, -0.25) is 4.79 Å². The molecule has 1 aliphatic heterocycles. The summed E-state index contributed by atoms with van der Waals surface area (Å²) < 4.78 is 3.02. The van der Waals surface area contributed by atoms with Crippen LogP contribution >= 0.6 is 11.3 Å². The molecule has 1 aliphatic rings. The summed E-state index contributed by atoms with van der Waals surface area (Å²) in [6.45, 7) is 4.20. The SMILES string of the molecule is Cc1nn(-c2ccccc2)c2nc(N3CCC[C@@H](C(=O)NCc4ccc(N(C)C)cc4)C3)sc12. The Bertz CT molecular complexity index is 1280. The molecule has 1 fully saturated rings. The Morgan fingerprint density at radius 2 is 1.91 bits per heavy atom. The van der Waals surface area contributed by atoms with Gasteiger partial charge in [-0.25, -0.2) is 4.68 Å². The Kier molecular flexibility index (Phi) is 6.24. The highest BCUT2D eigenvalue weighted by Crippen LogP contribution is 2.34. The number of carbonyl (C=O) groups is 1. The average Bonchev–Trinajstić information content (AvgIpc) is 3.44. The van der Waals surface area contributed by atoms with Crippen LogP contribution in [0.1, 0.15) is 24.1 Å². The first-order valence-electron chi connectivity index (χ1n) is 11.7. The number of nitrogens with one attached hydrogen (secondary N) is 1. The zero-order chi connectivity index (χ0) is 23.7. The molecule has 0 aliphatic carbocycles. The quantitative estimate of drug-likeness (QED) is 0.449. The van der Waals surface area contributed by atoms with Crippen LogP contribution in [0.2, 0.25) is 0 Å². The summed E-state index contributed by atoms with van der Waals surface area (Å²) in [6.07, 6.45) is 1.89. The number of benzene rings is 2. The molecule has 1 atom stereocenters. The number of thiazole rings is 1. The van der Waals surface area contributed by atoms with Crippen LogP contribution < -0.4 is 15.1 Å². The van der Waals surface area contributed by atoms with Crippen LogP contribution in [-0.2, 0) is 11.3 Å². The third-order valence-electron chi connectivity index (χ3n) is 6.36. The standard InChI is InChI=1S/C26H30N6OS/c1-18-23-24(32(29-18)22-9-5-4-6-10-22)28-26(34-23)31-15-7-8-20(17-31)25(33)27-16-19-11-13-21(14-12-19)30(2)3/h4-6,9-14,20H,7-8,15-17H2,1-3H3,(H,27,33)/t20-/m1/s1. The van der Waals surface area contributed by atoms with Crippen molar-refractivity contribution in [2.45, 2.75) is 26.3 Å². The van der Waals surface area contributed by atoms with Crippen molar-refractivity contribution in [3.8, 4) is 5.69 Å². The molecule has 176 valence electrons. The van der Waals surface area contributed by atoms with Crippen molar-refractivity contribution in [3.63, 3.8) is 0 Å². The molecule has 3 heterocycles. The van der Waals surface area contributed by atoms with E-state index in [1.54, 1.807) is 11.3 Å². The third-order valence-corrected chi connectivity index (χ3v) is 7.57. The summed E-state index contributed by atoms with van der Waals surface area (Å²) in [4.78, 5) is 22.2. The minimum atomic E-state index is -0.0338. The second kappa shape index (κ2) is 9.46. The maximum absolute atomic E-state index is 13.0. The minimum Gasteiger partial charge on any atom is -0.378 e. The van der Waals surface area contributed by atoms with Gasteiger partial charge in [-0.05, 0) is 49.6 Å². The van der Waals surface area contributed by atoms with Crippen molar-refractivity contribution in [1.82, 2.24) is 20.1 Å². The van der Waals surface area contributed by atoms with E-state index in [-0.39, 0.29) is 11.8 Å². The molecular weight excluding hydrogens is 444 g/mol. The summed E-state index contributed by atoms with van der Waals surface area (Å²) in [7, 11) is 4.05. The highest BCUT2D eigenvalue weighted by atomic mass is 32.1. The van der Waals surface area contributed by atoms with Gasteiger partial charge in [0.15, 0.2) is 10.8 Å². The van der Waals surface area contributed by atoms with Crippen LogP contribution in [0.5, 0.6) is 0 Å². The lowest BCUT2D eigenvalue weighted by Crippen LogP contribution is -2.43. The van der Waals surface area contributed by atoms with E-state index in [1.807, 2.05) is 56.0 Å². The van der Waals surface area contributed by atoms with E-state index >= 15 is 0 Å². The van der Waals surface area contributed by atoms with Gasteiger partial charge in [0.05, 0.1) is 22.0 Å². The lowest BCUT2D eigenvalue weighted by Gasteiger charge is -2.31. The topological polar surface area (TPSA) is 66.3 Å². The van der Waals surface area contributed by atoms with Gasteiger partial charge in [-0.2, -0.15) is 10.1 Å². The fraction of sp³-hybridized carbons (Fsp3) is 0.346. The number of anilines is 2. The molecule has 4 aromatic rings.